The van der Waals surface area contributed by atoms with Crippen molar-refractivity contribution >= 4 is 34.0 Å². The lowest BCUT2D eigenvalue weighted by Crippen LogP contribution is -2.16. The van der Waals surface area contributed by atoms with Crippen molar-refractivity contribution in [3.05, 3.63) is 56.2 Å². The molecule has 19 heavy (non-hydrogen) atoms. The zero-order valence-electron chi connectivity index (χ0n) is 10.6. The van der Waals surface area contributed by atoms with Gasteiger partial charge in [0.2, 0.25) is 0 Å². The maximum absolute atomic E-state index is 3.58. The molecular weight excluding hydrogens is 290 g/mol. The van der Waals surface area contributed by atoms with Crippen molar-refractivity contribution < 1.29 is 0 Å². The van der Waals surface area contributed by atoms with Gasteiger partial charge < -0.3 is 5.32 Å². The molecule has 1 N–H and O–H groups in total. The van der Waals surface area contributed by atoms with Gasteiger partial charge in [-0.2, -0.15) is 0 Å². The highest BCUT2D eigenvalue weighted by Crippen LogP contribution is 2.29. The maximum Gasteiger partial charge on any atom is 0.0389 e. The van der Waals surface area contributed by atoms with Gasteiger partial charge in [-0.25, -0.2) is 0 Å². The summed E-state index contributed by atoms with van der Waals surface area (Å²) in [5.41, 5.74) is 1.35. The van der Waals surface area contributed by atoms with Crippen LogP contribution in [0, 0.1) is 0 Å². The van der Waals surface area contributed by atoms with Gasteiger partial charge >= 0.3 is 0 Å². The highest BCUT2D eigenvalue weighted by atomic mass is 32.1. The van der Waals surface area contributed by atoms with Gasteiger partial charge in [0.15, 0.2) is 0 Å². The second-order valence-electron chi connectivity index (χ2n) is 4.40. The summed E-state index contributed by atoms with van der Waals surface area (Å²) in [7, 11) is 0. The largest absolute Gasteiger partial charge is 0.305 e. The summed E-state index contributed by atoms with van der Waals surface area (Å²) in [6, 6.07) is 11.3. The zero-order valence-corrected chi connectivity index (χ0v) is 13.1. The smallest absolute Gasteiger partial charge is 0.0389 e. The van der Waals surface area contributed by atoms with Crippen LogP contribution in [0.3, 0.4) is 0 Å². The molecule has 0 aliphatic rings. The summed E-state index contributed by atoms with van der Waals surface area (Å²) in [4.78, 5) is 4.15. The molecule has 1 nitrogen and oxygen atoms in total. The van der Waals surface area contributed by atoms with Crippen molar-refractivity contribution in [3.63, 3.8) is 0 Å². The van der Waals surface area contributed by atoms with Crippen molar-refractivity contribution in [1.29, 1.82) is 0 Å². The summed E-state index contributed by atoms with van der Waals surface area (Å²) >= 11 is 5.45. The van der Waals surface area contributed by atoms with Gasteiger partial charge in [0.1, 0.15) is 0 Å². The van der Waals surface area contributed by atoms with Crippen LogP contribution < -0.4 is 5.32 Å². The van der Waals surface area contributed by atoms with Gasteiger partial charge in [-0.05, 0) is 41.3 Å². The van der Waals surface area contributed by atoms with Gasteiger partial charge in [-0.3, -0.25) is 0 Å². The van der Waals surface area contributed by atoms with Crippen LogP contribution in [0.2, 0.25) is 0 Å². The van der Waals surface area contributed by atoms with Crippen molar-refractivity contribution in [3.8, 4) is 10.4 Å². The Hall–Kier alpha value is -0.940. The first kappa shape index (κ1) is 13.1. The Kier molecular flexibility index (Phi) is 4.13. The minimum atomic E-state index is 0.423. The fraction of sp³-hybridized carbons (Fsp3) is 0.200. The molecule has 0 unspecified atom stereocenters. The Morgan fingerprint density at radius 1 is 1.11 bits per heavy atom. The molecule has 0 radical (unpaired) electrons. The molecule has 0 aromatic carbocycles. The van der Waals surface area contributed by atoms with Gasteiger partial charge in [0, 0.05) is 32.8 Å². The molecule has 3 heterocycles. The van der Waals surface area contributed by atoms with Gasteiger partial charge in [-0.15, -0.1) is 34.0 Å². The third-order valence-corrected chi connectivity index (χ3v) is 5.92. The molecule has 0 saturated carbocycles. The lowest BCUT2D eigenvalue weighted by Gasteiger charge is -2.10. The van der Waals surface area contributed by atoms with Crippen molar-refractivity contribution in [2.24, 2.45) is 0 Å². The quantitative estimate of drug-likeness (QED) is 0.666. The normalized spacial score (nSPS) is 12.7. The van der Waals surface area contributed by atoms with E-state index in [9.17, 15) is 0 Å². The van der Waals surface area contributed by atoms with E-state index >= 15 is 0 Å². The second kappa shape index (κ2) is 6.01. The minimum absolute atomic E-state index is 0.423. The van der Waals surface area contributed by atoms with Gasteiger partial charge in [-0.1, -0.05) is 12.1 Å². The highest BCUT2D eigenvalue weighted by molar-refractivity contribution is 7.14. The molecule has 98 valence electrons. The number of rotatable bonds is 5. The number of hydrogen-bond acceptors (Lipinski definition) is 4. The molecule has 0 aliphatic carbocycles. The van der Waals surface area contributed by atoms with Crippen LogP contribution in [0.4, 0.5) is 0 Å². The highest BCUT2D eigenvalue weighted by Gasteiger charge is 2.07. The van der Waals surface area contributed by atoms with E-state index in [1.807, 2.05) is 22.7 Å². The monoisotopic (exact) mass is 305 g/mol. The molecule has 0 saturated heterocycles. The fourth-order valence-corrected chi connectivity index (χ4v) is 4.32. The Labute approximate surface area is 125 Å². The molecule has 3 aromatic rings. The predicted molar refractivity (Wildman–Crippen MR) is 87.2 cm³/mol. The lowest BCUT2D eigenvalue weighted by atomic mass is 10.2. The third kappa shape index (κ3) is 3.15. The summed E-state index contributed by atoms with van der Waals surface area (Å²) in [6.45, 7) is 3.16. The average Bonchev–Trinajstić information content (AvgIpc) is 3.14. The summed E-state index contributed by atoms with van der Waals surface area (Å²) in [5.74, 6) is 0. The van der Waals surface area contributed by atoms with E-state index in [1.54, 1.807) is 11.3 Å². The Morgan fingerprint density at radius 3 is 2.68 bits per heavy atom. The molecule has 0 fully saturated rings. The van der Waals surface area contributed by atoms with E-state index in [2.05, 4.69) is 58.7 Å². The van der Waals surface area contributed by atoms with Crippen LogP contribution in [0.1, 0.15) is 22.7 Å². The molecule has 1 atom stereocenters. The zero-order chi connectivity index (χ0) is 13.1. The van der Waals surface area contributed by atoms with Crippen LogP contribution in [0.5, 0.6) is 0 Å². The van der Waals surface area contributed by atoms with Crippen LogP contribution >= 0.6 is 34.0 Å². The van der Waals surface area contributed by atoms with Crippen molar-refractivity contribution in [2.45, 2.75) is 19.5 Å². The summed E-state index contributed by atoms with van der Waals surface area (Å²) < 4.78 is 0. The summed E-state index contributed by atoms with van der Waals surface area (Å²) in [6.07, 6.45) is 0. The first-order valence-corrected chi connectivity index (χ1v) is 8.85. The van der Waals surface area contributed by atoms with Gasteiger partial charge in [0.25, 0.3) is 0 Å². The lowest BCUT2D eigenvalue weighted by molar-refractivity contribution is 0.587. The second-order valence-corrected chi connectivity index (χ2v) is 7.32. The van der Waals surface area contributed by atoms with Crippen LogP contribution in [-0.2, 0) is 6.54 Å². The summed E-state index contributed by atoms with van der Waals surface area (Å²) in [5, 5.41) is 10.1. The maximum atomic E-state index is 3.58. The van der Waals surface area contributed by atoms with E-state index < -0.39 is 0 Å². The first-order valence-electron chi connectivity index (χ1n) is 6.21. The van der Waals surface area contributed by atoms with E-state index in [4.69, 9.17) is 0 Å². The Morgan fingerprint density at radius 2 is 1.95 bits per heavy atom. The molecule has 0 amide bonds. The van der Waals surface area contributed by atoms with E-state index in [0.717, 1.165) is 6.54 Å². The Bertz CT molecular complexity index is 608. The number of thiophene rings is 3. The standard InChI is InChI=1S/C15H15NS3/c1-11(14-4-2-6-17-14)16-9-13-8-12(10-19-13)15-5-3-7-18-15/h2-8,10-11,16H,9H2,1H3/t11-/m1/s1. The minimum Gasteiger partial charge on any atom is -0.305 e. The first-order chi connectivity index (χ1) is 9.33. The number of hydrogen-bond donors (Lipinski definition) is 1. The number of nitrogens with one attached hydrogen (secondary N) is 1. The fourth-order valence-electron chi connectivity index (χ4n) is 1.94. The SMILES string of the molecule is C[C@@H](NCc1cc(-c2cccs2)cs1)c1cccs1. The Balaban J connectivity index is 1.62. The molecule has 3 aromatic heterocycles. The molecule has 0 spiro atoms. The molecular formula is C15H15NS3. The average molecular weight is 305 g/mol. The van der Waals surface area contributed by atoms with E-state index in [1.165, 1.54) is 20.2 Å². The van der Waals surface area contributed by atoms with Crippen LogP contribution in [-0.4, -0.2) is 0 Å². The molecule has 0 aliphatic heterocycles. The van der Waals surface area contributed by atoms with Crippen molar-refractivity contribution in [2.75, 3.05) is 0 Å². The topological polar surface area (TPSA) is 12.0 Å². The van der Waals surface area contributed by atoms with Crippen LogP contribution in [0.15, 0.2) is 46.5 Å². The molecule has 0 bridgehead atoms. The van der Waals surface area contributed by atoms with E-state index in [0.29, 0.717) is 6.04 Å². The van der Waals surface area contributed by atoms with Crippen LogP contribution in [0.25, 0.3) is 10.4 Å². The van der Waals surface area contributed by atoms with E-state index in [-0.39, 0.29) is 0 Å². The predicted octanol–water partition coefficient (Wildman–Crippen LogP) is 5.39. The third-order valence-electron chi connectivity index (χ3n) is 3.01. The van der Waals surface area contributed by atoms with Crippen molar-refractivity contribution in [1.82, 2.24) is 5.32 Å². The molecule has 3 rings (SSSR count). The van der Waals surface area contributed by atoms with Gasteiger partial charge in [0.05, 0.1) is 0 Å². The molecule has 4 heteroatoms.